The van der Waals surface area contributed by atoms with Gasteiger partial charge >= 0.3 is 0 Å². The van der Waals surface area contributed by atoms with Gasteiger partial charge in [0.15, 0.2) is 0 Å². The molecule has 84 valence electrons. The maximum Gasteiger partial charge on any atom is 0.0955 e. The first kappa shape index (κ1) is 11.3. The summed E-state index contributed by atoms with van der Waals surface area (Å²) in [5.74, 6) is 0.592. The number of nitrogens with zero attached hydrogens (tertiary/aromatic N) is 1. The summed E-state index contributed by atoms with van der Waals surface area (Å²) in [7, 11) is 0. The molecule has 0 saturated carbocycles. The molecule has 1 atom stereocenters. The Kier molecular flexibility index (Phi) is 3.73. The molecule has 16 heavy (non-hydrogen) atoms. The van der Waals surface area contributed by atoms with E-state index >= 15 is 0 Å². The van der Waals surface area contributed by atoms with Gasteiger partial charge in [0.1, 0.15) is 0 Å². The second kappa shape index (κ2) is 5.26. The van der Waals surface area contributed by atoms with Crippen molar-refractivity contribution >= 4 is 11.3 Å². The fourth-order valence-electron chi connectivity index (χ4n) is 1.60. The minimum atomic E-state index is 0.592. The Morgan fingerprint density at radius 2 is 2.00 bits per heavy atom. The lowest BCUT2D eigenvalue weighted by Crippen LogP contribution is -1.87. The summed E-state index contributed by atoms with van der Waals surface area (Å²) in [6.45, 7) is 4.45. The van der Waals surface area contributed by atoms with Crippen LogP contribution in [0, 0.1) is 0 Å². The van der Waals surface area contributed by atoms with Gasteiger partial charge in [0.05, 0.1) is 5.01 Å². The normalized spacial score (nSPS) is 12.6. The average Bonchev–Trinajstić information content (AvgIpc) is 2.78. The molecule has 2 rings (SSSR count). The van der Waals surface area contributed by atoms with E-state index in [1.807, 2.05) is 17.5 Å². The molecule has 0 radical (unpaired) electrons. The number of hydrogen-bond donors (Lipinski definition) is 0. The van der Waals surface area contributed by atoms with E-state index in [1.165, 1.54) is 15.4 Å². The predicted octanol–water partition coefficient (Wildman–Crippen LogP) is 4.25. The van der Waals surface area contributed by atoms with Gasteiger partial charge < -0.3 is 0 Å². The molecule has 0 bridgehead atoms. The van der Waals surface area contributed by atoms with Crippen LogP contribution in [0.2, 0.25) is 0 Å². The van der Waals surface area contributed by atoms with Crippen molar-refractivity contribution in [3.05, 3.63) is 52.0 Å². The standard InChI is InChI=1S/C14H17NS/c1-3-11(2)14-15-10-13(16-14)9-12-7-5-4-6-8-12/h4-8,10-11H,3,9H2,1-2H3. The Balaban J connectivity index is 2.09. The van der Waals surface area contributed by atoms with Crippen molar-refractivity contribution in [2.24, 2.45) is 0 Å². The van der Waals surface area contributed by atoms with Crippen LogP contribution in [-0.4, -0.2) is 4.98 Å². The van der Waals surface area contributed by atoms with E-state index in [9.17, 15) is 0 Å². The van der Waals surface area contributed by atoms with Crippen molar-refractivity contribution in [1.82, 2.24) is 4.98 Å². The van der Waals surface area contributed by atoms with E-state index in [-0.39, 0.29) is 0 Å². The van der Waals surface area contributed by atoms with Gasteiger partial charge in [-0.25, -0.2) is 4.98 Å². The molecule has 2 aromatic rings. The van der Waals surface area contributed by atoms with E-state index in [0.717, 1.165) is 12.8 Å². The van der Waals surface area contributed by atoms with E-state index in [4.69, 9.17) is 0 Å². The van der Waals surface area contributed by atoms with Crippen LogP contribution in [0.25, 0.3) is 0 Å². The number of aromatic nitrogens is 1. The first-order chi connectivity index (χ1) is 7.79. The van der Waals surface area contributed by atoms with Crippen LogP contribution in [0.4, 0.5) is 0 Å². The van der Waals surface area contributed by atoms with Crippen LogP contribution in [0.5, 0.6) is 0 Å². The summed E-state index contributed by atoms with van der Waals surface area (Å²) in [5, 5.41) is 1.27. The molecule has 1 aromatic heterocycles. The lowest BCUT2D eigenvalue weighted by molar-refractivity contribution is 0.726. The van der Waals surface area contributed by atoms with Crippen molar-refractivity contribution in [2.45, 2.75) is 32.6 Å². The highest BCUT2D eigenvalue weighted by molar-refractivity contribution is 7.11. The molecule has 0 saturated heterocycles. The summed E-state index contributed by atoms with van der Waals surface area (Å²) in [4.78, 5) is 5.86. The quantitative estimate of drug-likeness (QED) is 0.766. The number of rotatable bonds is 4. The highest BCUT2D eigenvalue weighted by Gasteiger charge is 2.08. The van der Waals surface area contributed by atoms with Gasteiger partial charge in [-0.3, -0.25) is 0 Å². The third kappa shape index (κ3) is 2.70. The van der Waals surface area contributed by atoms with Gasteiger partial charge in [0.25, 0.3) is 0 Å². The Morgan fingerprint density at radius 3 is 2.69 bits per heavy atom. The molecule has 0 amide bonds. The maximum absolute atomic E-state index is 4.50. The lowest BCUT2D eigenvalue weighted by Gasteiger charge is -2.01. The van der Waals surface area contributed by atoms with Crippen LogP contribution in [0.15, 0.2) is 36.5 Å². The second-order valence-corrected chi connectivity index (χ2v) is 5.28. The fourth-order valence-corrected chi connectivity index (χ4v) is 2.69. The number of hydrogen-bond acceptors (Lipinski definition) is 2. The topological polar surface area (TPSA) is 12.9 Å². The molecular weight excluding hydrogens is 214 g/mol. The van der Waals surface area contributed by atoms with Gasteiger partial charge in [0, 0.05) is 23.4 Å². The first-order valence-corrected chi connectivity index (χ1v) is 6.59. The first-order valence-electron chi connectivity index (χ1n) is 5.78. The number of benzene rings is 1. The zero-order valence-corrected chi connectivity index (χ0v) is 10.6. The Hall–Kier alpha value is -1.15. The van der Waals surface area contributed by atoms with Crippen molar-refractivity contribution in [1.29, 1.82) is 0 Å². The molecule has 1 unspecified atom stereocenters. The third-order valence-electron chi connectivity index (χ3n) is 2.83. The minimum absolute atomic E-state index is 0.592. The summed E-state index contributed by atoms with van der Waals surface area (Å²) < 4.78 is 0. The van der Waals surface area contributed by atoms with Crippen molar-refractivity contribution in [3.63, 3.8) is 0 Å². The van der Waals surface area contributed by atoms with Gasteiger partial charge in [-0.05, 0) is 12.0 Å². The third-order valence-corrected chi connectivity index (χ3v) is 4.06. The highest BCUT2D eigenvalue weighted by atomic mass is 32.1. The predicted molar refractivity (Wildman–Crippen MR) is 70.1 cm³/mol. The molecular formula is C14H17NS. The van der Waals surface area contributed by atoms with Crippen molar-refractivity contribution in [2.75, 3.05) is 0 Å². The van der Waals surface area contributed by atoms with Crippen LogP contribution < -0.4 is 0 Å². The molecule has 0 aliphatic carbocycles. The monoisotopic (exact) mass is 231 g/mol. The molecule has 1 nitrogen and oxygen atoms in total. The van der Waals surface area contributed by atoms with Crippen LogP contribution >= 0.6 is 11.3 Å². The smallest absolute Gasteiger partial charge is 0.0955 e. The van der Waals surface area contributed by atoms with E-state index in [0.29, 0.717) is 5.92 Å². The summed E-state index contributed by atoms with van der Waals surface area (Å²) in [6.07, 6.45) is 4.20. The van der Waals surface area contributed by atoms with Gasteiger partial charge in [0.2, 0.25) is 0 Å². The summed E-state index contributed by atoms with van der Waals surface area (Å²) in [6, 6.07) is 10.6. The fraction of sp³-hybridized carbons (Fsp3) is 0.357. The minimum Gasteiger partial charge on any atom is -0.249 e. The zero-order valence-electron chi connectivity index (χ0n) is 9.81. The molecule has 2 heteroatoms. The molecule has 0 aliphatic rings. The molecule has 0 N–H and O–H groups in total. The van der Waals surface area contributed by atoms with E-state index in [2.05, 4.69) is 49.2 Å². The second-order valence-electron chi connectivity index (χ2n) is 4.14. The highest BCUT2D eigenvalue weighted by Crippen LogP contribution is 2.25. The summed E-state index contributed by atoms with van der Waals surface area (Å²) in [5.41, 5.74) is 1.36. The summed E-state index contributed by atoms with van der Waals surface area (Å²) >= 11 is 1.85. The van der Waals surface area contributed by atoms with Crippen molar-refractivity contribution in [3.8, 4) is 0 Å². The van der Waals surface area contributed by atoms with Gasteiger partial charge in [-0.2, -0.15) is 0 Å². The Morgan fingerprint density at radius 1 is 1.25 bits per heavy atom. The molecule has 0 fully saturated rings. The molecule has 0 aliphatic heterocycles. The largest absolute Gasteiger partial charge is 0.249 e. The van der Waals surface area contributed by atoms with Crippen LogP contribution in [0.1, 0.15) is 41.6 Å². The van der Waals surface area contributed by atoms with E-state index < -0.39 is 0 Å². The van der Waals surface area contributed by atoms with Crippen molar-refractivity contribution < 1.29 is 0 Å². The zero-order chi connectivity index (χ0) is 11.4. The Labute approximate surface area is 101 Å². The number of thiazole rings is 1. The lowest BCUT2D eigenvalue weighted by atomic mass is 10.1. The van der Waals surface area contributed by atoms with Gasteiger partial charge in [-0.1, -0.05) is 44.2 Å². The van der Waals surface area contributed by atoms with Gasteiger partial charge in [-0.15, -0.1) is 11.3 Å². The van der Waals surface area contributed by atoms with Crippen LogP contribution in [0.3, 0.4) is 0 Å². The Bertz CT molecular complexity index is 433. The molecule has 1 aromatic carbocycles. The molecule has 1 heterocycles. The molecule has 0 spiro atoms. The maximum atomic E-state index is 4.50. The van der Waals surface area contributed by atoms with E-state index in [1.54, 1.807) is 0 Å². The average molecular weight is 231 g/mol. The van der Waals surface area contributed by atoms with Crippen LogP contribution in [-0.2, 0) is 6.42 Å². The SMILES string of the molecule is CCC(C)c1ncc(Cc2ccccc2)s1.